The first kappa shape index (κ1) is 13.5. The minimum atomic E-state index is 0.731. The van der Waals surface area contributed by atoms with Gasteiger partial charge in [0.25, 0.3) is 0 Å². The maximum absolute atomic E-state index is 5.11. The third kappa shape index (κ3) is 4.51. The van der Waals surface area contributed by atoms with Gasteiger partial charge in [-0.05, 0) is 17.7 Å². The van der Waals surface area contributed by atoms with Crippen molar-refractivity contribution in [1.82, 2.24) is 0 Å². The molecule has 84 valence electrons. The predicted octanol–water partition coefficient (Wildman–Crippen LogP) is 2.61. The van der Waals surface area contributed by atoms with Gasteiger partial charge >= 0.3 is 0 Å². The lowest BCUT2D eigenvalue weighted by Crippen LogP contribution is -1.90. The Morgan fingerprint density at radius 1 is 1.00 bits per heavy atom. The van der Waals surface area contributed by atoms with Gasteiger partial charge in [-0.15, -0.1) is 0 Å². The molecule has 0 aliphatic rings. The largest absolute Gasteiger partial charge is 0.493 e. The summed E-state index contributed by atoms with van der Waals surface area (Å²) in [7, 11) is 6.48. The Hall–Kier alpha value is -1.48. The summed E-state index contributed by atoms with van der Waals surface area (Å²) >= 11 is 0. The summed E-state index contributed by atoms with van der Waals surface area (Å²) in [5, 5.41) is 0. The fourth-order valence-corrected chi connectivity index (χ4v) is 0.980. The van der Waals surface area contributed by atoms with E-state index in [0.717, 1.165) is 17.1 Å². The van der Waals surface area contributed by atoms with Crippen LogP contribution in [0.25, 0.3) is 6.08 Å². The minimum Gasteiger partial charge on any atom is -0.493 e. The lowest BCUT2D eigenvalue weighted by atomic mass is 10.2. The van der Waals surface area contributed by atoms with Crippen LogP contribution >= 0.6 is 0 Å². The van der Waals surface area contributed by atoms with Crippen LogP contribution in [0.15, 0.2) is 24.8 Å². The van der Waals surface area contributed by atoms with E-state index in [2.05, 4.69) is 11.3 Å². The molecule has 0 aliphatic heterocycles. The molecule has 0 unspecified atom stereocenters. The number of hydrogen-bond acceptors (Lipinski definition) is 3. The fraction of sp³-hybridized carbons (Fsp3) is 0.333. The van der Waals surface area contributed by atoms with Crippen molar-refractivity contribution in [2.24, 2.45) is 0 Å². The third-order valence-electron chi connectivity index (χ3n) is 1.64. The van der Waals surface area contributed by atoms with Crippen molar-refractivity contribution in [3.05, 3.63) is 30.3 Å². The molecule has 0 saturated heterocycles. The van der Waals surface area contributed by atoms with Crippen LogP contribution < -0.4 is 9.47 Å². The predicted molar refractivity (Wildman–Crippen MR) is 62.6 cm³/mol. The van der Waals surface area contributed by atoms with E-state index < -0.39 is 0 Å². The van der Waals surface area contributed by atoms with Crippen molar-refractivity contribution in [3.63, 3.8) is 0 Å². The Balaban J connectivity index is 0.000000583. The smallest absolute Gasteiger partial charge is 0.161 e. The second-order valence-electron chi connectivity index (χ2n) is 2.73. The van der Waals surface area contributed by atoms with Gasteiger partial charge in [0.15, 0.2) is 11.5 Å². The zero-order valence-corrected chi connectivity index (χ0v) is 9.74. The van der Waals surface area contributed by atoms with E-state index in [0.29, 0.717) is 0 Å². The van der Waals surface area contributed by atoms with Gasteiger partial charge in [0.1, 0.15) is 0 Å². The number of benzene rings is 1. The van der Waals surface area contributed by atoms with Crippen molar-refractivity contribution in [3.8, 4) is 11.5 Å². The Bertz CT molecular complexity index is 295. The maximum atomic E-state index is 5.11. The molecule has 1 rings (SSSR count). The highest BCUT2D eigenvalue weighted by Gasteiger charge is 2.01. The molecular formula is C12H18O3. The van der Waals surface area contributed by atoms with Crippen molar-refractivity contribution in [2.45, 2.75) is 0 Å². The Morgan fingerprint density at radius 2 is 1.53 bits per heavy atom. The molecule has 0 heterocycles. The van der Waals surface area contributed by atoms with Gasteiger partial charge in [-0.1, -0.05) is 18.7 Å². The van der Waals surface area contributed by atoms with Gasteiger partial charge in [0.05, 0.1) is 14.2 Å². The second-order valence-corrected chi connectivity index (χ2v) is 2.73. The van der Waals surface area contributed by atoms with E-state index in [1.807, 2.05) is 18.2 Å². The van der Waals surface area contributed by atoms with Crippen LogP contribution in [-0.2, 0) is 4.74 Å². The lowest BCUT2D eigenvalue weighted by molar-refractivity contribution is 0.277. The lowest BCUT2D eigenvalue weighted by Gasteiger charge is -2.07. The van der Waals surface area contributed by atoms with Crippen molar-refractivity contribution in [2.75, 3.05) is 28.4 Å². The number of methoxy groups -OCH3 is 3. The Kier molecular flexibility index (Phi) is 7.10. The highest BCUT2D eigenvalue weighted by molar-refractivity contribution is 5.54. The van der Waals surface area contributed by atoms with Crippen molar-refractivity contribution >= 4 is 6.08 Å². The number of rotatable bonds is 3. The zero-order valence-electron chi connectivity index (χ0n) is 9.74. The molecule has 1 aromatic carbocycles. The molecule has 0 atom stereocenters. The van der Waals surface area contributed by atoms with Crippen LogP contribution in [0.3, 0.4) is 0 Å². The molecule has 0 bridgehead atoms. The van der Waals surface area contributed by atoms with Crippen LogP contribution in [0, 0.1) is 0 Å². The molecule has 0 fully saturated rings. The topological polar surface area (TPSA) is 27.7 Å². The van der Waals surface area contributed by atoms with E-state index in [-0.39, 0.29) is 0 Å². The van der Waals surface area contributed by atoms with Crippen LogP contribution in [0.2, 0.25) is 0 Å². The number of hydrogen-bond donors (Lipinski definition) is 0. The monoisotopic (exact) mass is 210 g/mol. The summed E-state index contributed by atoms with van der Waals surface area (Å²) in [6.07, 6.45) is 1.77. The van der Waals surface area contributed by atoms with Crippen LogP contribution in [-0.4, -0.2) is 28.4 Å². The molecule has 0 amide bonds. The molecule has 0 aliphatic carbocycles. The summed E-state index contributed by atoms with van der Waals surface area (Å²) < 4.78 is 14.4. The first-order valence-electron chi connectivity index (χ1n) is 4.48. The van der Waals surface area contributed by atoms with Gasteiger partial charge in [0, 0.05) is 14.2 Å². The first-order chi connectivity index (χ1) is 7.23. The fourth-order valence-electron chi connectivity index (χ4n) is 0.980. The summed E-state index contributed by atoms with van der Waals surface area (Å²) in [6, 6.07) is 5.66. The SMILES string of the molecule is C=Cc1ccc(OC)c(OC)c1.COC. The van der Waals surface area contributed by atoms with Gasteiger partial charge in [0.2, 0.25) is 0 Å². The molecule has 0 aromatic heterocycles. The van der Waals surface area contributed by atoms with E-state index >= 15 is 0 Å². The highest BCUT2D eigenvalue weighted by Crippen LogP contribution is 2.27. The van der Waals surface area contributed by atoms with Crippen LogP contribution in [0.5, 0.6) is 11.5 Å². The molecule has 3 nitrogen and oxygen atoms in total. The third-order valence-corrected chi connectivity index (χ3v) is 1.64. The molecule has 0 N–H and O–H groups in total. The van der Waals surface area contributed by atoms with Crippen LogP contribution in [0.4, 0.5) is 0 Å². The Labute approximate surface area is 91.3 Å². The molecule has 0 spiro atoms. The number of ether oxygens (including phenoxy) is 3. The van der Waals surface area contributed by atoms with Gasteiger partial charge in [-0.3, -0.25) is 0 Å². The molecule has 0 saturated carbocycles. The summed E-state index contributed by atoms with van der Waals surface area (Å²) in [4.78, 5) is 0. The summed E-state index contributed by atoms with van der Waals surface area (Å²) in [5.41, 5.74) is 1.02. The van der Waals surface area contributed by atoms with Crippen molar-refractivity contribution in [1.29, 1.82) is 0 Å². The summed E-state index contributed by atoms with van der Waals surface area (Å²) in [5.74, 6) is 1.47. The minimum absolute atomic E-state index is 0.731. The Morgan fingerprint density at radius 3 is 1.93 bits per heavy atom. The van der Waals surface area contributed by atoms with Crippen molar-refractivity contribution < 1.29 is 14.2 Å². The van der Waals surface area contributed by atoms with Gasteiger partial charge < -0.3 is 14.2 Å². The van der Waals surface area contributed by atoms with E-state index in [9.17, 15) is 0 Å². The molecular weight excluding hydrogens is 192 g/mol. The average Bonchev–Trinajstić information content (AvgIpc) is 2.29. The standard InChI is InChI=1S/C10H12O2.C2H6O/c1-4-8-5-6-9(11-2)10(7-8)12-3;1-3-2/h4-7H,1H2,2-3H3;1-2H3. The first-order valence-corrected chi connectivity index (χ1v) is 4.48. The van der Waals surface area contributed by atoms with Crippen LogP contribution in [0.1, 0.15) is 5.56 Å². The second kappa shape index (κ2) is 7.88. The quantitative estimate of drug-likeness (QED) is 0.767. The molecule has 0 radical (unpaired) electrons. The zero-order chi connectivity index (χ0) is 11.7. The highest BCUT2D eigenvalue weighted by atomic mass is 16.5. The van der Waals surface area contributed by atoms with E-state index in [1.165, 1.54) is 0 Å². The summed E-state index contributed by atoms with van der Waals surface area (Å²) in [6.45, 7) is 3.67. The average molecular weight is 210 g/mol. The van der Waals surface area contributed by atoms with Gasteiger partial charge in [-0.2, -0.15) is 0 Å². The molecule has 15 heavy (non-hydrogen) atoms. The maximum Gasteiger partial charge on any atom is 0.161 e. The van der Waals surface area contributed by atoms with E-state index in [1.54, 1.807) is 34.5 Å². The molecule has 1 aromatic rings. The molecule has 3 heteroatoms. The van der Waals surface area contributed by atoms with E-state index in [4.69, 9.17) is 9.47 Å². The van der Waals surface area contributed by atoms with Gasteiger partial charge in [-0.25, -0.2) is 0 Å². The normalized spacial score (nSPS) is 8.53.